The minimum absolute atomic E-state index is 0. The van der Waals surface area contributed by atoms with Crippen molar-refractivity contribution in [3.05, 3.63) is 0 Å². The quantitative estimate of drug-likeness (QED) is 0.237. The summed E-state index contributed by atoms with van der Waals surface area (Å²) in [6, 6.07) is 0.432. The van der Waals surface area contributed by atoms with Crippen LogP contribution in [-0.2, 0) is 9.53 Å². The zero-order valence-electron chi connectivity index (χ0n) is 17.0. The third-order valence-electron chi connectivity index (χ3n) is 5.61. The van der Waals surface area contributed by atoms with Crippen LogP contribution in [0.5, 0.6) is 0 Å². The van der Waals surface area contributed by atoms with Gasteiger partial charge in [0.15, 0.2) is 5.96 Å². The van der Waals surface area contributed by atoms with Crippen LogP contribution in [0, 0.1) is 10.8 Å². The molecule has 0 radical (unpaired) electrons. The first-order valence-corrected chi connectivity index (χ1v) is 9.70. The Balaban J connectivity index is 0.00000338. The van der Waals surface area contributed by atoms with E-state index in [-0.39, 0.29) is 40.7 Å². The number of nitrogens with zero attached hydrogens (tertiary/aromatic N) is 1. The summed E-state index contributed by atoms with van der Waals surface area (Å²) in [6.45, 7) is 9.88. The van der Waals surface area contributed by atoms with Crippen molar-refractivity contribution in [1.29, 1.82) is 0 Å². The Morgan fingerprint density at radius 1 is 1.19 bits per heavy atom. The maximum absolute atomic E-state index is 11.9. The summed E-state index contributed by atoms with van der Waals surface area (Å²) < 4.78 is 5.97. The van der Waals surface area contributed by atoms with Crippen LogP contribution in [0.15, 0.2) is 4.99 Å². The van der Waals surface area contributed by atoms with E-state index >= 15 is 0 Å². The number of carbonyl (C=O) groups is 1. The predicted molar refractivity (Wildman–Crippen MR) is 117 cm³/mol. The van der Waals surface area contributed by atoms with Gasteiger partial charge >= 0.3 is 0 Å². The highest BCUT2D eigenvalue weighted by atomic mass is 127. The van der Waals surface area contributed by atoms with Crippen LogP contribution < -0.4 is 16.0 Å². The van der Waals surface area contributed by atoms with Crippen LogP contribution >= 0.6 is 24.0 Å². The molecule has 0 bridgehead atoms. The SMILES string of the molecule is CCOC1CC(NC(=NC)NCCNC(=O)C(C)(C)C)C12CCCC2.I. The van der Waals surface area contributed by atoms with Crippen LogP contribution in [0.2, 0.25) is 0 Å². The number of hydrogen-bond donors (Lipinski definition) is 3. The van der Waals surface area contributed by atoms with E-state index in [1.165, 1.54) is 25.7 Å². The van der Waals surface area contributed by atoms with E-state index in [4.69, 9.17) is 4.74 Å². The first-order chi connectivity index (χ1) is 11.8. The van der Waals surface area contributed by atoms with Gasteiger partial charge in [-0.05, 0) is 26.2 Å². The minimum Gasteiger partial charge on any atom is -0.378 e. The lowest BCUT2D eigenvalue weighted by atomic mass is 9.60. The number of carbonyl (C=O) groups excluding carboxylic acids is 1. The molecule has 2 unspecified atom stereocenters. The van der Waals surface area contributed by atoms with Crippen LogP contribution in [0.3, 0.4) is 0 Å². The number of rotatable bonds is 6. The average molecular weight is 480 g/mol. The van der Waals surface area contributed by atoms with Crippen molar-refractivity contribution in [1.82, 2.24) is 16.0 Å². The third-order valence-corrected chi connectivity index (χ3v) is 5.61. The van der Waals surface area contributed by atoms with Gasteiger partial charge in [-0.1, -0.05) is 33.6 Å². The monoisotopic (exact) mass is 480 g/mol. The van der Waals surface area contributed by atoms with E-state index in [0.717, 1.165) is 19.0 Å². The molecule has 6 nitrogen and oxygen atoms in total. The summed E-state index contributed by atoms with van der Waals surface area (Å²) >= 11 is 0. The van der Waals surface area contributed by atoms with E-state index < -0.39 is 0 Å². The molecule has 2 saturated carbocycles. The standard InChI is InChI=1S/C19H36N4O2.HI/c1-6-25-15-13-14(19(15)9-7-8-10-19)23-17(20-5)22-12-11-21-16(24)18(2,3)4;/h14-15H,6-13H2,1-5H3,(H,21,24)(H2,20,22,23);1H. The number of amides is 1. The van der Waals surface area contributed by atoms with E-state index in [1.54, 1.807) is 7.05 Å². The molecule has 0 aromatic carbocycles. The fourth-order valence-electron chi connectivity index (χ4n) is 4.07. The molecule has 0 saturated heterocycles. The second-order valence-corrected chi connectivity index (χ2v) is 8.32. The maximum atomic E-state index is 11.9. The number of aliphatic imine (C=N–C) groups is 1. The molecular weight excluding hydrogens is 443 g/mol. The van der Waals surface area contributed by atoms with Gasteiger partial charge in [0.1, 0.15) is 0 Å². The van der Waals surface area contributed by atoms with Gasteiger partial charge in [0.2, 0.25) is 5.91 Å². The summed E-state index contributed by atoms with van der Waals surface area (Å²) in [7, 11) is 1.79. The Bertz CT molecular complexity index is 484. The topological polar surface area (TPSA) is 74.8 Å². The van der Waals surface area contributed by atoms with Gasteiger partial charge in [0.25, 0.3) is 0 Å². The minimum atomic E-state index is -0.352. The molecular formula is C19H37IN4O2. The Kier molecular flexibility index (Phi) is 9.12. The van der Waals surface area contributed by atoms with Gasteiger partial charge < -0.3 is 20.7 Å². The Morgan fingerprint density at radius 2 is 1.81 bits per heavy atom. The molecule has 2 aliphatic rings. The zero-order valence-corrected chi connectivity index (χ0v) is 19.3. The molecule has 3 N–H and O–H groups in total. The van der Waals surface area contributed by atoms with Crippen LogP contribution in [0.4, 0.5) is 0 Å². The normalized spacial score (nSPS) is 24.6. The lowest BCUT2D eigenvalue weighted by Crippen LogP contribution is -2.65. The molecule has 1 spiro atoms. The summed E-state index contributed by atoms with van der Waals surface area (Å²) in [5.74, 6) is 0.886. The summed E-state index contributed by atoms with van der Waals surface area (Å²) in [5, 5.41) is 9.85. The highest BCUT2D eigenvalue weighted by Gasteiger charge is 2.56. The molecule has 7 heteroatoms. The number of ether oxygens (including phenoxy) is 1. The lowest BCUT2D eigenvalue weighted by Gasteiger charge is -2.54. The molecule has 26 heavy (non-hydrogen) atoms. The van der Waals surface area contributed by atoms with E-state index in [0.29, 0.717) is 25.2 Å². The molecule has 2 aliphatic carbocycles. The van der Waals surface area contributed by atoms with Crippen LogP contribution in [0.25, 0.3) is 0 Å². The van der Waals surface area contributed by atoms with E-state index in [2.05, 4.69) is 27.9 Å². The van der Waals surface area contributed by atoms with Gasteiger partial charge in [-0.2, -0.15) is 0 Å². The molecule has 1 amide bonds. The molecule has 0 aromatic heterocycles. The first-order valence-electron chi connectivity index (χ1n) is 9.70. The molecule has 2 fully saturated rings. The third kappa shape index (κ3) is 5.47. The van der Waals surface area contributed by atoms with Gasteiger partial charge in [-0.3, -0.25) is 9.79 Å². The summed E-state index contributed by atoms with van der Waals surface area (Å²) in [6.07, 6.45) is 6.53. The Morgan fingerprint density at radius 3 is 2.35 bits per heavy atom. The fourth-order valence-corrected chi connectivity index (χ4v) is 4.07. The van der Waals surface area contributed by atoms with Crippen LogP contribution in [-0.4, -0.2) is 50.8 Å². The van der Waals surface area contributed by atoms with Gasteiger partial charge in [-0.15, -0.1) is 24.0 Å². The number of hydrogen-bond acceptors (Lipinski definition) is 3. The Labute approximate surface area is 175 Å². The van der Waals surface area contributed by atoms with Crippen molar-refractivity contribution in [2.45, 2.75) is 71.9 Å². The van der Waals surface area contributed by atoms with Gasteiger partial charge in [-0.25, -0.2) is 0 Å². The molecule has 2 rings (SSSR count). The number of halogens is 1. The van der Waals surface area contributed by atoms with Crippen molar-refractivity contribution in [2.75, 3.05) is 26.7 Å². The largest absolute Gasteiger partial charge is 0.378 e. The molecule has 2 atom stereocenters. The van der Waals surface area contributed by atoms with Crippen molar-refractivity contribution >= 4 is 35.8 Å². The van der Waals surface area contributed by atoms with Gasteiger partial charge in [0.05, 0.1) is 6.10 Å². The average Bonchev–Trinajstić information content (AvgIpc) is 3.07. The number of guanidine groups is 1. The van der Waals surface area contributed by atoms with Crippen molar-refractivity contribution in [3.8, 4) is 0 Å². The first kappa shape index (κ1) is 23.5. The second kappa shape index (κ2) is 10.1. The fraction of sp³-hybridized carbons (Fsp3) is 0.895. The van der Waals surface area contributed by atoms with E-state index in [1.807, 2.05) is 20.8 Å². The molecule has 0 aliphatic heterocycles. The van der Waals surface area contributed by atoms with Crippen LogP contribution in [0.1, 0.15) is 59.8 Å². The summed E-state index contributed by atoms with van der Waals surface area (Å²) in [5.41, 5.74) is -0.0664. The van der Waals surface area contributed by atoms with Crippen molar-refractivity contribution < 1.29 is 9.53 Å². The highest BCUT2D eigenvalue weighted by Crippen LogP contribution is 2.54. The zero-order chi connectivity index (χ0) is 18.5. The van der Waals surface area contributed by atoms with Gasteiger partial charge in [0, 0.05) is 43.6 Å². The smallest absolute Gasteiger partial charge is 0.225 e. The predicted octanol–water partition coefficient (Wildman–Crippen LogP) is 2.67. The molecule has 0 heterocycles. The second-order valence-electron chi connectivity index (χ2n) is 8.32. The molecule has 152 valence electrons. The number of nitrogens with one attached hydrogen (secondary N) is 3. The molecule has 0 aromatic rings. The maximum Gasteiger partial charge on any atom is 0.225 e. The van der Waals surface area contributed by atoms with Crippen molar-refractivity contribution in [2.24, 2.45) is 15.8 Å². The summed E-state index contributed by atoms with van der Waals surface area (Å²) in [4.78, 5) is 16.2. The van der Waals surface area contributed by atoms with Crippen molar-refractivity contribution in [3.63, 3.8) is 0 Å². The van der Waals surface area contributed by atoms with E-state index in [9.17, 15) is 4.79 Å². The highest BCUT2D eigenvalue weighted by molar-refractivity contribution is 14.0. The Hall–Kier alpha value is -0.570. The lowest BCUT2D eigenvalue weighted by molar-refractivity contribution is -0.128.